The Labute approximate surface area is 197 Å². The summed E-state index contributed by atoms with van der Waals surface area (Å²) in [5.74, 6) is 0.287. The van der Waals surface area contributed by atoms with E-state index in [1.807, 2.05) is 20.8 Å². The molecule has 0 fully saturated rings. The first-order valence-corrected chi connectivity index (χ1v) is 11.1. The summed E-state index contributed by atoms with van der Waals surface area (Å²) in [6.07, 6.45) is -1.26. The van der Waals surface area contributed by atoms with Crippen LogP contribution in [0.15, 0.2) is 48.8 Å². The van der Waals surface area contributed by atoms with Crippen molar-refractivity contribution in [3.05, 3.63) is 70.6 Å². The number of benzene rings is 1. The van der Waals surface area contributed by atoms with Crippen LogP contribution in [0.2, 0.25) is 0 Å². The lowest BCUT2D eigenvalue weighted by Crippen LogP contribution is -2.16. The summed E-state index contributed by atoms with van der Waals surface area (Å²) in [4.78, 5) is 26.3. The van der Waals surface area contributed by atoms with Crippen molar-refractivity contribution in [2.75, 3.05) is 5.32 Å². The Morgan fingerprint density at radius 3 is 2.29 bits per heavy atom. The zero-order chi connectivity index (χ0) is 24.7. The second-order valence-corrected chi connectivity index (χ2v) is 9.59. The smallest absolute Gasteiger partial charge is 0.306 e. The predicted octanol–water partition coefficient (Wildman–Crippen LogP) is 5.66. The first-order valence-electron chi connectivity index (χ1n) is 10.3. The summed E-state index contributed by atoms with van der Waals surface area (Å²) in [6.45, 7) is 7.68. The van der Waals surface area contributed by atoms with Crippen molar-refractivity contribution in [3.63, 3.8) is 0 Å². The molecule has 0 unspecified atom stereocenters. The van der Waals surface area contributed by atoms with E-state index in [2.05, 4.69) is 25.4 Å². The predicted molar refractivity (Wildman–Crippen MR) is 123 cm³/mol. The third kappa shape index (κ3) is 4.84. The fourth-order valence-corrected chi connectivity index (χ4v) is 4.06. The van der Waals surface area contributed by atoms with Gasteiger partial charge >= 0.3 is 6.18 Å². The fraction of sp³-hybridized carbons (Fsp3) is 0.261. The van der Waals surface area contributed by atoms with E-state index >= 15 is 0 Å². The van der Waals surface area contributed by atoms with Crippen molar-refractivity contribution in [2.45, 2.75) is 39.3 Å². The van der Waals surface area contributed by atoms with E-state index < -0.39 is 17.6 Å². The van der Waals surface area contributed by atoms with E-state index in [9.17, 15) is 18.0 Å². The van der Waals surface area contributed by atoms with Crippen molar-refractivity contribution < 1.29 is 18.0 Å². The SMILES string of the molecule is Cc1nc(-c2ccc(C(F)(F)F)cc2)sc1C(=O)Nc1cc(C(C)(C)C)nn1-c1ncccn1. The van der Waals surface area contributed by atoms with Gasteiger partial charge in [-0.15, -0.1) is 11.3 Å². The van der Waals surface area contributed by atoms with Gasteiger partial charge < -0.3 is 5.32 Å². The lowest BCUT2D eigenvalue weighted by atomic mass is 9.92. The molecule has 0 spiro atoms. The van der Waals surface area contributed by atoms with Crippen LogP contribution in [0.3, 0.4) is 0 Å². The molecule has 3 heterocycles. The topological polar surface area (TPSA) is 85.6 Å². The molecule has 0 aliphatic heterocycles. The molecule has 1 amide bonds. The Kier molecular flexibility index (Phi) is 5.98. The molecule has 0 aliphatic carbocycles. The van der Waals surface area contributed by atoms with Gasteiger partial charge in [0, 0.05) is 29.4 Å². The van der Waals surface area contributed by atoms with Crippen LogP contribution in [0.1, 0.15) is 47.4 Å². The number of nitrogens with zero attached hydrogens (tertiary/aromatic N) is 5. The Morgan fingerprint density at radius 1 is 1.06 bits per heavy atom. The molecule has 0 bridgehead atoms. The monoisotopic (exact) mass is 486 g/mol. The number of halogens is 3. The highest BCUT2D eigenvalue weighted by atomic mass is 32.1. The zero-order valence-corrected chi connectivity index (χ0v) is 19.6. The average molecular weight is 487 g/mol. The van der Waals surface area contributed by atoms with Gasteiger partial charge in [0.2, 0.25) is 0 Å². The number of hydrogen-bond donors (Lipinski definition) is 1. The third-order valence-electron chi connectivity index (χ3n) is 4.92. The molecule has 176 valence electrons. The Balaban J connectivity index is 1.64. The molecule has 0 radical (unpaired) electrons. The summed E-state index contributed by atoms with van der Waals surface area (Å²) in [6, 6.07) is 8.14. The Bertz CT molecular complexity index is 1320. The van der Waals surface area contributed by atoms with E-state index in [1.54, 1.807) is 31.5 Å². The summed E-state index contributed by atoms with van der Waals surface area (Å²) in [7, 11) is 0. The maximum atomic E-state index is 13.1. The molecule has 3 aromatic heterocycles. The highest BCUT2D eigenvalue weighted by Crippen LogP contribution is 2.33. The quantitative estimate of drug-likeness (QED) is 0.402. The minimum atomic E-state index is -4.42. The van der Waals surface area contributed by atoms with Gasteiger partial charge in [-0.3, -0.25) is 4.79 Å². The summed E-state index contributed by atoms with van der Waals surface area (Å²) >= 11 is 1.10. The van der Waals surface area contributed by atoms with Gasteiger partial charge in [0.1, 0.15) is 15.7 Å². The van der Waals surface area contributed by atoms with Gasteiger partial charge in [0.25, 0.3) is 11.9 Å². The molecular weight excluding hydrogens is 465 g/mol. The van der Waals surface area contributed by atoms with Gasteiger partial charge in [-0.1, -0.05) is 32.9 Å². The molecule has 4 rings (SSSR count). The molecule has 0 aliphatic rings. The van der Waals surface area contributed by atoms with Gasteiger partial charge in [0.15, 0.2) is 0 Å². The number of anilines is 1. The Hall–Kier alpha value is -3.60. The molecule has 7 nitrogen and oxygen atoms in total. The van der Waals surface area contributed by atoms with Crippen molar-refractivity contribution in [1.82, 2.24) is 24.7 Å². The second-order valence-electron chi connectivity index (χ2n) is 8.59. The minimum absolute atomic E-state index is 0.282. The lowest BCUT2D eigenvalue weighted by Gasteiger charge is -2.13. The summed E-state index contributed by atoms with van der Waals surface area (Å²) < 4.78 is 40.0. The van der Waals surface area contributed by atoms with Crippen molar-refractivity contribution in [3.8, 4) is 16.5 Å². The number of alkyl halides is 3. The number of thiazole rings is 1. The molecule has 0 saturated carbocycles. The van der Waals surface area contributed by atoms with E-state index in [0.717, 1.165) is 29.2 Å². The summed E-state index contributed by atoms with van der Waals surface area (Å²) in [5.41, 5.74) is 0.680. The molecule has 11 heteroatoms. The summed E-state index contributed by atoms with van der Waals surface area (Å²) in [5, 5.41) is 7.88. The second kappa shape index (κ2) is 8.64. The number of carbonyl (C=O) groups is 1. The van der Waals surface area contributed by atoms with Crippen LogP contribution in [0.25, 0.3) is 16.5 Å². The number of aromatic nitrogens is 5. The standard InChI is InChI=1S/C23H21F3N6OS/c1-13-18(34-20(29-13)14-6-8-15(9-7-14)23(24,25)26)19(33)30-17-12-16(22(2,3)4)31-32(17)21-27-10-5-11-28-21/h5-12H,1-4H3,(H,30,33). The molecule has 34 heavy (non-hydrogen) atoms. The van der Waals surface area contributed by atoms with E-state index in [-0.39, 0.29) is 5.41 Å². The van der Waals surface area contributed by atoms with Crippen molar-refractivity contribution >= 4 is 23.1 Å². The van der Waals surface area contributed by atoms with Crippen LogP contribution in [0.4, 0.5) is 19.0 Å². The molecule has 0 saturated heterocycles. The number of rotatable bonds is 4. The van der Waals surface area contributed by atoms with Crippen LogP contribution >= 0.6 is 11.3 Å². The lowest BCUT2D eigenvalue weighted by molar-refractivity contribution is -0.137. The minimum Gasteiger partial charge on any atom is -0.306 e. The maximum absolute atomic E-state index is 13.1. The van der Waals surface area contributed by atoms with Crippen LogP contribution < -0.4 is 5.32 Å². The number of carbonyl (C=O) groups excluding carboxylic acids is 1. The van der Waals surface area contributed by atoms with Crippen LogP contribution in [-0.2, 0) is 11.6 Å². The van der Waals surface area contributed by atoms with Gasteiger partial charge in [-0.2, -0.15) is 23.0 Å². The van der Waals surface area contributed by atoms with Gasteiger partial charge in [-0.25, -0.2) is 15.0 Å². The highest BCUT2D eigenvalue weighted by molar-refractivity contribution is 7.17. The molecule has 1 aromatic carbocycles. The molecule has 1 N–H and O–H groups in total. The number of nitrogens with one attached hydrogen (secondary N) is 1. The first kappa shape index (κ1) is 23.6. The van der Waals surface area contributed by atoms with Crippen molar-refractivity contribution in [2.24, 2.45) is 0 Å². The highest BCUT2D eigenvalue weighted by Gasteiger charge is 2.30. The normalized spacial score (nSPS) is 12.1. The molecular formula is C23H21F3N6OS. The number of aryl methyl sites for hydroxylation is 1. The van der Waals surface area contributed by atoms with Crippen molar-refractivity contribution in [1.29, 1.82) is 0 Å². The Morgan fingerprint density at radius 2 is 1.71 bits per heavy atom. The number of amides is 1. The van der Waals surface area contributed by atoms with E-state index in [0.29, 0.717) is 32.9 Å². The molecule has 4 aromatic rings. The molecule has 0 atom stereocenters. The van der Waals surface area contributed by atoms with Gasteiger partial charge in [0.05, 0.1) is 17.0 Å². The van der Waals surface area contributed by atoms with Gasteiger partial charge in [-0.05, 0) is 25.1 Å². The zero-order valence-electron chi connectivity index (χ0n) is 18.8. The van der Waals surface area contributed by atoms with Crippen LogP contribution in [-0.4, -0.2) is 30.6 Å². The van der Waals surface area contributed by atoms with E-state index in [1.165, 1.54) is 16.8 Å². The average Bonchev–Trinajstić information content (AvgIpc) is 3.38. The first-order chi connectivity index (χ1) is 15.9. The fourth-order valence-electron chi connectivity index (χ4n) is 3.10. The van der Waals surface area contributed by atoms with Crippen LogP contribution in [0.5, 0.6) is 0 Å². The maximum Gasteiger partial charge on any atom is 0.416 e. The largest absolute Gasteiger partial charge is 0.416 e. The van der Waals surface area contributed by atoms with Crippen LogP contribution in [0, 0.1) is 6.92 Å². The third-order valence-corrected chi connectivity index (χ3v) is 6.13. The number of hydrogen-bond acceptors (Lipinski definition) is 6. The van der Waals surface area contributed by atoms with E-state index in [4.69, 9.17) is 0 Å².